The van der Waals surface area contributed by atoms with Gasteiger partial charge in [0.2, 0.25) is 0 Å². The molecule has 0 bridgehead atoms. The molecular formula is C11H20N4O2S. The Balaban J connectivity index is 3.05. The van der Waals surface area contributed by atoms with E-state index in [9.17, 15) is 8.42 Å². The molecule has 18 heavy (non-hydrogen) atoms. The number of anilines is 1. The molecule has 0 spiro atoms. The molecule has 0 saturated heterocycles. The van der Waals surface area contributed by atoms with E-state index in [1.165, 1.54) is 10.5 Å². The minimum atomic E-state index is -3.61. The van der Waals surface area contributed by atoms with Gasteiger partial charge in [-0.2, -0.15) is 4.31 Å². The number of aromatic nitrogens is 1. The second-order valence-electron chi connectivity index (χ2n) is 4.30. The van der Waals surface area contributed by atoms with Gasteiger partial charge in [-0.25, -0.2) is 13.4 Å². The highest BCUT2D eigenvalue weighted by molar-refractivity contribution is 7.89. The summed E-state index contributed by atoms with van der Waals surface area (Å²) in [6.45, 7) is 4.49. The molecule has 1 rings (SSSR count). The average molecular weight is 272 g/mol. The molecule has 0 aliphatic rings. The predicted molar refractivity (Wildman–Crippen MR) is 71.3 cm³/mol. The van der Waals surface area contributed by atoms with Crippen LogP contribution in [0.2, 0.25) is 0 Å². The number of hydrogen-bond donors (Lipinski definition) is 2. The molecule has 3 N–H and O–H groups in total. The van der Waals surface area contributed by atoms with E-state index in [1.807, 2.05) is 13.8 Å². The maximum atomic E-state index is 12.3. The molecule has 1 aromatic rings. The van der Waals surface area contributed by atoms with E-state index in [-0.39, 0.29) is 5.03 Å². The molecule has 7 heteroatoms. The Morgan fingerprint density at radius 1 is 1.56 bits per heavy atom. The summed E-state index contributed by atoms with van der Waals surface area (Å²) in [6.07, 6.45) is 2.36. The first kappa shape index (κ1) is 14.9. The summed E-state index contributed by atoms with van der Waals surface area (Å²) in [5, 5.41) is -0.0432. The third-order valence-electron chi connectivity index (χ3n) is 2.85. The number of rotatable bonds is 6. The van der Waals surface area contributed by atoms with Gasteiger partial charge in [-0.05, 0) is 18.1 Å². The number of sulfonamides is 1. The Hall–Kier alpha value is -1.18. The van der Waals surface area contributed by atoms with Gasteiger partial charge in [-0.3, -0.25) is 5.84 Å². The lowest BCUT2D eigenvalue weighted by atomic mass is 10.1. The van der Waals surface area contributed by atoms with Gasteiger partial charge in [0, 0.05) is 19.8 Å². The largest absolute Gasteiger partial charge is 0.321 e. The van der Waals surface area contributed by atoms with E-state index in [4.69, 9.17) is 5.84 Å². The molecule has 1 aromatic heterocycles. The number of pyridine rings is 1. The predicted octanol–water partition coefficient (Wildman–Crippen LogP) is 1.03. The van der Waals surface area contributed by atoms with Crippen LogP contribution >= 0.6 is 0 Å². The third-order valence-corrected chi connectivity index (χ3v) is 4.63. The Bertz CT molecular complexity index is 490. The molecule has 0 radical (unpaired) electrons. The number of nitrogen functional groups attached to an aromatic ring is 1. The van der Waals surface area contributed by atoms with Gasteiger partial charge in [0.1, 0.15) is 0 Å². The Morgan fingerprint density at radius 2 is 2.22 bits per heavy atom. The highest BCUT2D eigenvalue weighted by Gasteiger charge is 2.26. The van der Waals surface area contributed by atoms with Crippen molar-refractivity contribution in [3.63, 3.8) is 0 Å². The molecule has 0 amide bonds. The van der Waals surface area contributed by atoms with Crippen LogP contribution in [0.3, 0.4) is 0 Å². The summed E-state index contributed by atoms with van der Waals surface area (Å²) in [4.78, 5) is 3.90. The van der Waals surface area contributed by atoms with Crippen molar-refractivity contribution >= 4 is 15.7 Å². The molecule has 1 heterocycles. The Morgan fingerprint density at radius 3 is 2.78 bits per heavy atom. The van der Waals surface area contributed by atoms with Crippen molar-refractivity contribution < 1.29 is 8.42 Å². The van der Waals surface area contributed by atoms with Crippen molar-refractivity contribution in [2.24, 2.45) is 11.8 Å². The highest BCUT2D eigenvalue weighted by Crippen LogP contribution is 2.21. The van der Waals surface area contributed by atoms with E-state index in [0.29, 0.717) is 18.2 Å². The molecule has 6 nitrogen and oxygen atoms in total. The second kappa shape index (κ2) is 6.12. The fourth-order valence-electron chi connectivity index (χ4n) is 1.52. The van der Waals surface area contributed by atoms with Crippen molar-refractivity contribution in [1.29, 1.82) is 0 Å². The van der Waals surface area contributed by atoms with Gasteiger partial charge in [-0.1, -0.05) is 20.3 Å². The fourth-order valence-corrected chi connectivity index (χ4v) is 2.86. The molecule has 1 unspecified atom stereocenters. The minimum absolute atomic E-state index is 0.0432. The monoisotopic (exact) mass is 272 g/mol. The number of nitrogens with one attached hydrogen (secondary N) is 1. The van der Waals surface area contributed by atoms with Gasteiger partial charge < -0.3 is 5.43 Å². The second-order valence-corrected chi connectivity index (χ2v) is 6.26. The number of nitrogens with two attached hydrogens (primary N) is 1. The van der Waals surface area contributed by atoms with Gasteiger partial charge in [0.15, 0.2) is 5.03 Å². The van der Waals surface area contributed by atoms with Crippen LogP contribution in [0.1, 0.15) is 20.3 Å². The molecule has 0 aromatic carbocycles. The van der Waals surface area contributed by atoms with Crippen LogP contribution in [-0.4, -0.2) is 31.3 Å². The summed E-state index contributed by atoms with van der Waals surface area (Å²) < 4.78 is 26.0. The standard InChI is InChI=1S/C11H20N4O2S/c1-4-9(2)8-15(3)18(16,17)11-10(14-12)6-5-7-13-11/h5-7,9,14H,4,8,12H2,1-3H3. The third kappa shape index (κ3) is 3.18. The molecule has 0 aliphatic heterocycles. The van der Waals surface area contributed by atoms with Gasteiger partial charge >= 0.3 is 0 Å². The summed E-state index contributed by atoms with van der Waals surface area (Å²) in [5.74, 6) is 5.60. The van der Waals surface area contributed by atoms with E-state index in [2.05, 4.69) is 10.4 Å². The van der Waals surface area contributed by atoms with Crippen molar-refractivity contribution in [1.82, 2.24) is 9.29 Å². The highest BCUT2D eigenvalue weighted by atomic mass is 32.2. The molecule has 1 atom stereocenters. The van der Waals surface area contributed by atoms with Crippen LogP contribution in [-0.2, 0) is 10.0 Å². The van der Waals surface area contributed by atoms with Gasteiger partial charge in [0.05, 0.1) is 5.69 Å². The van der Waals surface area contributed by atoms with Crippen LogP contribution in [0.25, 0.3) is 0 Å². The van der Waals surface area contributed by atoms with E-state index < -0.39 is 10.0 Å². The molecule has 0 aliphatic carbocycles. The lowest BCUT2D eigenvalue weighted by Crippen LogP contribution is -2.32. The van der Waals surface area contributed by atoms with E-state index in [1.54, 1.807) is 19.2 Å². The van der Waals surface area contributed by atoms with E-state index in [0.717, 1.165) is 6.42 Å². The zero-order valence-corrected chi connectivity index (χ0v) is 11.7. The zero-order chi connectivity index (χ0) is 13.8. The summed E-state index contributed by atoms with van der Waals surface area (Å²) >= 11 is 0. The van der Waals surface area contributed by atoms with Crippen molar-refractivity contribution in [3.8, 4) is 0 Å². The zero-order valence-electron chi connectivity index (χ0n) is 10.9. The lowest BCUT2D eigenvalue weighted by molar-refractivity contribution is 0.392. The van der Waals surface area contributed by atoms with Gasteiger partial charge in [0.25, 0.3) is 10.0 Å². The number of nitrogens with zero attached hydrogens (tertiary/aromatic N) is 2. The van der Waals surface area contributed by atoms with Crippen molar-refractivity contribution in [3.05, 3.63) is 18.3 Å². The van der Waals surface area contributed by atoms with Crippen molar-refractivity contribution in [2.75, 3.05) is 19.0 Å². The fraction of sp³-hybridized carbons (Fsp3) is 0.545. The molecular weight excluding hydrogens is 252 g/mol. The van der Waals surface area contributed by atoms with Crippen LogP contribution in [0.4, 0.5) is 5.69 Å². The number of hydrazine groups is 1. The number of hydrogen-bond acceptors (Lipinski definition) is 5. The van der Waals surface area contributed by atoms with Crippen LogP contribution < -0.4 is 11.3 Å². The Labute approximate surface area is 108 Å². The lowest BCUT2D eigenvalue weighted by Gasteiger charge is -2.21. The maximum Gasteiger partial charge on any atom is 0.262 e. The average Bonchev–Trinajstić information content (AvgIpc) is 2.38. The van der Waals surface area contributed by atoms with Crippen LogP contribution in [0, 0.1) is 5.92 Å². The minimum Gasteiger partial charge on any atom is -0.321 e. The summed E-state index contributed by atoms with van der Waals surface area (Å²) in [6, 6.07) is 3.21. The summed E-state index contributed by atoms with van der Waals surface area (Å²) in [7, 11) is -2.06. The van der Waals surface area contributed by atoms with Crippen molar-refractivity contribution in [2.45, 2.75) is 25.3 Å². The topological polar surface area (TPSA) is 88.3 Å². The molecule has 0 saturated carbocycles. The maximum absolute atomic E-state index is 12.3. The SMILES string of the molecule is CCC(C)CN(C)S(=O)(=O)c1ncccc1NN. The Kier molecular flexibility index (Phi) is 5.06. The quantitative estimate of drug-likeness (QED) is 0.596. The van der Waals surface area contributed by atoms with Crippen LogP contribution in [0.5, 0.6) is 0 Å². The normalized spacial score (nSPS) is 13.6. The van der Waals surface area contributed by atoms with Crippen LogP contribution in [0.15, 0.2) is 23.4 Å². The molecule has 102 valence electrons. The molecule has 0 fully saturated rings. The summed E-state index contributed by atoms with van der Waals surface area (Å²) in [5.41, 5.74) is 2.66. The smallest absolute Gasteiger partial charge is 0.262 e. The van der Waals surface area contributed by atoms with E-state index >= 15 is 0 Å². The first-order valence-electron chi connectivity index (χ1n) is 5.81. The first-order valence-corrected chi connectivity index (χ1v) is 7.25. The van der Waals surface area contributed by atoms with Gasteiger partial charge in [-0.15, -0.1) is 0 Å². The first-order chi connectivity index (χ1) is 8.43.